The third kappa shape index (κ3) is 2.81. The Balaban J connectivity index is 2.28. The summed E-state index contributed by atoms with van der Waals surface area (Å²) in [5, 5.41) is 16.8. The first kappa shape index (κ1) is 16.2. The van der Waals surface area contributed by atoms with Crippen LogP contribution in [0.3, 0.4) is 0 Å². The second-order valence-electron chi connectivity index (χ2n) is 4.98. The quantitative estimate of drug-likeness (QED) is 0.775. The van der Waals surface area contributed by atoms with E-state index in [-0.39, 0.29) is 22.5 Å². The number of pyridine rings is 1. The van der Waals surface area contributed by atoms with Gasteiger partial charge in [0.1, 0.15) is 24.0 Å². The molecule has 0 fully saturated rings. The van der Waals surface area contributed by atoms with Crippen molar-refractivity contribution < 1.29 is 18.7 Å². The lowest BCUT2D eigenvalue weighted by atomic mass is 10.0. The Bertz CT molecular complexity index is 995. The van der Waals surface area contributed by atoms with E-state index < -0.39 is 18.0 Å². The highest BCUT2D eigenvalue weighted by atomic mass is 19.1. The zero-order valence-electron chi connectivity index (χ0n) is 13.0. The SMILES string of the molecule is COc1cccc(F)c1C(OC(N)=O)c1ccc(C#N)c2nncn12. The average molecular weight is 341 g/mol. The van der Waals surface area contributed by atoms with Crippen molar-refractivity contribution >= 4 is 11.7 Å². The number of aromatic nitrogens is 3. The Kier molecular flexibility index (Phi) is 4.18. The van der Waals surface area contributed by atoms with Crippen LogP contribution in [-0.2, 0) is 4.74 Å². The molecule has 0 saturated carbocycles. The van der Waals surface area contributed by atoms with Gasteiger partial charge in [-0.2, -0.15) is 5.26 Å². The summed E-state index contributed by atoms with van der Waals surface area (Å²) < 4.78 is 26.3. The van der Waals surface area contributed by atoms with E-state index in [2.05, 4.69) is 10.2 Å². The van der Waals surface area contributed by atoms with Gasteiger partial charge < -0.3 is 15.2 Å². The minimum absolute atomic E-state index is 0.0106. The number of amides is 1. The minimum Gasteiger partial charge on any atom is -0.496 e. The molecule has 2 N–H and O–H groups in total. The van der Waals surface area contributed by atoms with Gasteiger partial charge in [-0.25, -0.2) is 9.18 Å². The first-order valence-electron chi connectivity index (χ1n) is 7.08. The summed E-state index contributed by atoms with van der Waals surface area (Å²) in [5.41, 5.74) is 5.97. The molecule has 126 valence electrons. The second-order valence-corrected chi connectivity index (χ2v) is 4.98. The van der Waals surface area contributed by atoms with Gasteiger partial charge in [0.2, 0.25) is 0 Å². The van der Waals surface area contributed by atoms with Crippen molar-refractivity contribution in [2.75, 3.05) is 7.11 Å². The molecule has 0 spiro atoms. The van der Waals surface area contributed by atoms with E-state index in [4.69, 9.17) is 20.5 Å². The van der Waals surface area contributed by atoms with Crippen LogP contribution in [0.5, 0.6) is 5.75 Å². The fourth-order valence-electron chi connectivity index (χ4n) is 2.57. The lowest BCUT2D eigenvalue weighted by Gasteiger charge is -2.21. The molecular formula is C16H12FN5O3. The van der Waals surface area contributed by atoms with Gasteiger partial charge in [0, 0.05) is 0 Å². The number of fused-ring (bicyclic) bond motifs is 1. The molecular weight excluding hydrogens is 329 g/mol. The van der Waals surface area contributed by atoms with Crippen molar-refractivity contribution in [3.05, 3.63) is 59.3 Å². The molecule has 0 bridgehead atoms. The number of benzene rings is 1. The first-order valence-corrected chi connectivity index (χ1v) is 7.08. The van der Waals surface area contributed by atoms with Crippen LogP contribution in [0.1, 0.15) is 22.9 Å². The number of halogens is 1. The molecule has 0 aliphatic carbocycles. The van der Waals surface area contributed by atoms with Crippen molar-refractivity contribution in [2.45, 2.75) is 6.10 Å². The molecule has 0 saturated heterocycles. The predicted molar refractivity (Wildman–Crippen MR) is 83.2 cm³/mol. The highest BCUT2D eigenvalue weighted by molar-refractivity contribution is 5.66. The van der Waals surface area contributed by atoms with Gasteiger partial charge in [0.25, 0.3) is 0 Å². The number of hydrogen-bond donors (Lipinski definition) is 1. The van der Waals surface area contributed by atoms with E-state index in [9.17, 15) is 9.18 Å². The zero-order valence-corrected chi connectivity index (χ0v) is 13.0. The third-order valence-corrected chi connectivity index (χ3v) is 3.61. The van der Waals surface area contributed by atoms with Crippen LogP contribution in [-0.4, -0.2) is 27.8 Å². The highest BCUT2D eigenvalue weighted by Crippen LogP contribution is 2.35. The van der Waals surface area contributed by atoms with E-state index in [1.807, 2.05) is 6.07 Å². The Labute approximate surface area is 141 Å². The number of carbonyl (C=O) groups is 1. The summed E-state index contributed by atoms with van der Waals surface area (Å²) in [6.07, 6.45) is -0.989. The van der Waals surface area contributed by atoms with Crippen molar-refractivity contribution in [3.63, 3.8) is 0 Å². The standard InChI is InChI=1S/C16H12FN5O3/c1-24-12-4-2-3-10(17)13(12)14(25-16(19)23)11-6-5-9(7-18)15-21-20-8-22(11)15/h2-6,8,14H,1H3,(H2,19,23). The average Bonchev–Trinajstić information content (AvgIpc) is 3.08. The molecule has 1 amide bonds. The third-order valence-electron chi connectivity index (χ3n) is 3.61. The molecule has 2 heterocycles. The molecule has 25 heavy (non-hydrogen) atoms. The fourth-order valence-corrected chi connectivity index (χ4v) is 2.57. The minimum atomic E-state index is -1.22. The van der Waals surface area contributed by atoms with Gasteiger partial charge in [-0.3, -0.25) is 4.40 Å². The number of nitrogens with two attached hydrogens (primary N) is 1. The largest absolute Gasteiger partial charge is 0.496 e. The van der Waals surface area contributed by atoms with Gasteiger partial charge in [-0.05, 0) is 24.3 Å². The number of nitriles is 1. The van der Waals surface area contributed by atoms with E-state index in [1.54, 1.807) is 0 Å². The Morgan fingerprint density at radius 2 is 2.20 bits per heavy atom. The molecule has 1 atom stereocenters. The van der Waals surface area contributed by atoms with E-state index in [0.717, 1.165) is 0 Å². The molecule has 2 aromatic heterocycles. The van der Waals surface area contributed by atoms with Crippen molar-refractivity contribution in [1.29, 1.82) is 5.26 Å². The number of nitrogens with zero attached hydrogens (tertiary/aromatic N) is 4. The van der Waals surface area contributed by atoms with Gasteiger partial charge >= 0.3 is 6.09 Å². The molecule has 3 aromatic rings. The Morgan fingerprint density at radius 3 is 2.88 bits per heavy atom. The van der Waals surface area contributed by atoms with Gasteiger partial charge in [0.05, 0.1) is 23.9 Å². The van der Waals surface area contributed by atoms with Gasteiger partial charge in [-0.15, -0.1) is 10.2 Å². The number of rotatable bonds is 4. The summed E-state index contributed by atoms with van der Waals surface area (Å²) >= 11 is 0. The Hall–Kier alpha value is -3.67. The molecule has 1 aromatic carbocycles. The molecule has 3 rings (SSSR count). The van der Waals surface area contributed by atoms with Crippen LogP contribution >= 0.6 is 0 Å². The molecule has 1 unspecified atom stereocenters. The Morgan fingerprint density at radius 1 is 1.40 bits per heavy atom. The summed E-state index contributed by atoms with van der Waals surface area (Å²) in [6, 6.07) is 9.17. The summed E-state index contributed by atoms with van der Waals surface area (Å²) in [4.78, 5) is 11.4. The van der Waals surface area contributed by atoms with Crippen LogP contribution in [0.15, 0.2) is 36.7 Å². The topological polar surface area (TPSA) is 116 Å². The molecule has 8 nitrogen and oxygen atoms in total. The van der Waals surface area contributed by atoms with Gasteiger partial charge in [0.15, 0.2) is 11.8 Å². The molecule has 0 aliphatic rings. The van der Waals surface area contributed by atoms with Crippen LogP contribution in [0.2, 0.25) is 0 Å². The monoisotopic (exact) mass is 341 g/mol. The summed E-state index contributed by atoms with van der Waals surface area (Å²) in [7, 11) is 1.37. The number of hydrogen-bond acceptors (Lipinski definition) is 6. The van der Waals surface area contributed by atoms with Crippen molar-refractivity contribution in [3.8, 4) is 11.8 Å². The highest BCUT2D eigenvalue weighted by Gasteiger charge is 2.28. The lowest BCUT2D eigenvalue weighted by Crippen LogP contribution is -2.21. The van der Waals surface area contributed by atoms with Crippen molar-refractivity contribution in [1.82, 2.24) is 14.6 Å². The maximum atomic E-state index is 14.5. The fraction of sp³-hybridized carbons (Fsp3) is 0.125. The normalized spacial score (nSPS) is 11.7. The van der Waals surface area contributed by atoms with E-state index >= 15 is 0 Å². The van der Waals surface area contributed by atoms with E-state index in [1.165, 1.54) is 48.2 Å². The maximum Gasteiger partial charge on any atom is 0.405 e. The summed E-state index contributed by atoms with van der Waals surface area (Å²) in [5.74, 6) is -0.465. The number of methoxy groups -OCH3 is 1. The number of ether oxygens (including phenoxy) is 2. The number of primary amides is 1. The second kappa shape index (κ2) is 6.45. The smallest absolute Gasteiger partial charge is 0.405 e. The molecule has 9 heteroatoms. The van der Waals surface area contributed by atoms with Crippen LogP contribution in [0.25, 0.3) is 5.65 Å². The molecule has 0 radical (unpaired) electrons. The first-order chi connectivity index (χ1) is 12.1. The predicted octanol–water partition coefficient (Wildman–Crippen LogP) is 1.93. The molecule has 0 aliphatic heterocycles. The zero-order chi connectivity index (χ0) is 18.0. The summed E-state index contributed by atoms with van der Waals surface area (Å²) in [6.45, 7) is 0. The van der Waals surface area contributed by atoms with Gasteiger partial charge in [-0.1, -0.05) is 6.07 Å². The maximum absolute atomic E-state index is 14.5. The van der Waals surface area contributed by atoms with Crippen molar-refractivity contribution in [2.24, 2.45) is 5.73 Å². The number of carbonyl (C=O) groups excluding carboxylic acids is 1. The van der Waals surface area contributed by atoms with E-state index in [0.29, 0.717) is 5.69 Å². The lowest BCUT2D eigenvalue weighted by molar-refractivity contribution is 0.120. The van der Waals surface area contributed by atoms with Crippen LogP contribution in [0.4, 0.5) is 9.18 Å². The van der Waals surface area contributed by atoms with Crippen LogP contribution in [0, 0.1) is 17.1 Å². The van der Waals surface area contributed by atoms with Crippen LogP contribution < -0.4 is 10.5 Å².